The minimum Gasteiger partial charge on any atom is -0.297 e. The highest BCUT2D eigenvalue weighted by molar-refractivity contribution is 6.30. The number of carbonyl (C=O) groups excluding carboxylic acids is 1. The lowest BCUT2D eigenvalue weighted by molar-refractivity contribution is -0.128. The molecule has 0 amide bonds. The van der Waals surface area contributed by atoms with Gasteiger partial charge in [-0.15, -0.1) is 0 Å². The van der Waals surface area contributed by atoms with Crippen molar-refractivity contribution < 1.29 is 4.79 Å². The van der Waals surface area contributed by atoms with E-state index in [2.05, 4.69) is 10.00 Å². The molecule has 1 aromatic heterocycles. The van der Waals surface area contributed by atoms with Crippen LogP contribution in [-0.2, 0) is 18.3 Å². The summed E-state index contributed by atoms with van der Waals surface area (Å²) in [6.07, 6.45) is 5.28. The summed E-state index contributed by atoms with van der Waals surface area (Å²) in [6, 6.07) is 0. The molecule has 118 valence electrons. The van der Waals surface area contributed by atoms with E-state index < -0.39 is 5.54 Å². The van der Waals surface area contributed by atoms with Gasteiger partial charge < -0.3 is 0 Å². The average Bonchev–Trinajstić information content (AvgIpc) is 2.68. The Labute approximate surface area is 132 Å². The second kappa shape index (κ2) is 6.49. The van der Waals surface area contributed by atoms with Gasteiger partial charge in [0.2, 0.25) is 0 Å². The summed E-state index contributed by atoms with van der Waals surface area (Å²) in [5.74, 6) is 0.224. The molecule has 2 heterocycles. The summed E-state index contributed by atoms with van der Waals surface area (Å²) in [7, 11) is 1.81. The molecule has 0 N–H and O–H groups in total. The minimum absolute atomic E-state index is 0.224. The summed E-state index contributed by atoms with van der Waals surface area (Å²) in [4.78, 5) is 15.2. The lowest BCUT2D eigenvalue weighted by Gasteiger charge is -2.36. The molecule has 0 radical (unpaired) electrons. The molecule has 0 unspecified atom stereocenters. The molecule has 4 nitrogen and oxygen atoms in total. The van der Waals surface area contributed by atoms with Gasteiger partial charge in [-0.1, -0.05) is 24.4 Å². The predicted octanol–water partition coefficient (Wildman–Crippen LogP) is 3.15. The van der Waals surface area contributed by atoms with E-state index in [0.717, 1.165) is 24.3 Å². The number of halogens is 1. The van der Waals surface area contributed by atoms with Crippen LogP contribution in [0.4, 0.5) is 0 Å². The van der Waals surface area contributed by atoms with Gasteiger partial charge in [0.25, 0.3) is 0 Å². The van der Waals surface area contributed by atoms with Gasteiger partial charge in [-0.2, -0.15) is 5.10 Å². The number of Topliss-reactive ketones (excluding diaryl/α,β-unsaturated/α-hetero) is 1. The van der Waals surface area contributed by atoms with Crippen LogP contribution in [0, 0.1) is 6.92 Å². The van der Waals surface area contributed by atoms with Crippen molar-refractivity contribution >= 4 is 17.4 Å². The number of aromatic nitrogens is 2. The number of ketones is 1. The van der Waals surface area contributed by atoms with Crippen LogP contribution in [0.25, 0.3) is 0 Å². The predicted molar refractivity (Wildman–Crippen MR) is 85.8 cm³/mol. The van der Waals surface area contributed by atoms with Crippen molar-refractivity contribution in [1.82, 2.24) is 14.7 Å². The van der Waals surface area contributed by atoms with Crippen LogP contribution in [0.1, 0.15) is 50.8 Å². The minimum atomic E-state index is -0.435. The zero-order chi connectivity index (χ0) is 15.6. The maximum Gasteiger partial charge on any atom is 0.157 e. The van der Waals surface area contributed by atoms with Gasteiger partial charge in [0.1, 0.15) is 5.15 Å². The van der Waals surface area contributed by atoms with Crippen molar-refractivity contribution in [3.8, 4) is 0 Å². The lowest BCUT2D eigenvalue weighted by atomic mass is 9.91. The van der Waals surface area contributed by atoms with E-state index in [9.17, 15) is 4.79 Å². The average molecular weight is 312 g/mol. The van der Waals surface area contributed by atoms with Crippen molar-refractivity contribution in [3.05, 3.63) is 16.4 Å². The van der Waals surface area contributed by atoms with Crippen LogP contribution in [-0.4, -0.2) is 39.1 Å². The Bertz CT molecular complexity index is 514. The van der Waals surface area contributed by atoms with Gasteiger partial charge in [-0.05, 0) is 46.7 Å². The molecule has 0 aliphatic carbocycles. The first-order valence-electron chi connectivity index (χ1n) is 7.80. The third-order valence-electron chi connectivity index (χ3n) is 4.69. The van der Waals surface area contributed by atoms with Crippen molar-refractivity contribution in [2.45, 2.75) is 58.4 Å². The van der Waals surface area contributed by atoms with Crippen molar-refractivity contribution in [2.75, 3.05) is 13.1 Å². The fourth-order valence-corrected chi connectivity index (χ4v) is 3.30. The fourth-order valence-electron chi connectivity index (χ4n) is 3.06. The van der Waals surface area contributed by atoms with Gasteiger partial charge in [0.05, 0.1) is 11.2 Å². The summed E-state index contributed by atoms with van der Waals surface area (Å²) in [5, 5.41) is 4.87. The molecule has 0 spiro atoms. The molecular weight excluding hydrogens is 286 g/mol. The normalized spacial score (nSPS) is 17.8. The van der Waals surface area contributed by atoms with Crippen LogP contribution in [0.2, 0.25) is 5.15 Å². The Morgan fingerprint density at radius 3 is 2.29 bits per heavy atom. The number of hydrogen-bond donors (Lipinski definition) is 0. The number of rotatable bonds is 4. The number of hydrogen-bond acceptors (Lipinski definition) is 3. The molecule has 1 aliphatic heterocycles. The van der Waals surface area contributed by atoms with Crippen molar-refractivity contribution in [1.29, 1.82) is 0 Å². The van der Waals surface area contributed by atoms with Crippen LogP contribution in [0.15, 0.2) is 0 Å². The first-order chi connectivity index (χ1) is 9.84. The second-order valence-corrected chi connectivity index (χ2v) is 6.90. The smallest absolute Gasteiger partial charge is 0.157 e. The number of aryl methyl sites for hydroxylation is 2. The highest BCUT2D eigenvalue weighted by Gasteiger charge is 2.35. The molecule has 0 saturated carbocycles. The maximum absolute atomic E-state index is 12.8. The number of carbonyl (C=O) groups is 1. The number of likely N-dealkylation sites (tertiary alicyclic amines) is 1. The monoisotopic (exact) mass is 311 g/mol. The van der Waals surface area contributed by atoms with Gasteiger partial charge in [0, 0.05) is 19.0 Å². The van der Waals surface area contributed by atoms with Crippen LogP contribution < -0.4 is 0 Å². The fraction of sp³-hybridized carbons (Fsp3) is 0.750. The van der Waals surface area contributed by atoms with E-state index >= 15 is 0 Å². The Kier molecular flexibility index (Phi) is 5.10. The SMILES string of the molecule is Cc1nn(C)c(Cl)c1CC(=O)C(C)(C)N1CCCCCC1. The Morgan fingerprint density at radius 1 is 1.24 bits per heavy atom. The summed E-state index contributed by atoms with van der Waals surface area (Å²) in [6.45, 7) is 8.02. The highest BCUT2D eigenvalue weighted by atomic mass is 35.5. The van der Waals surface area contributed by atoms with Gasteiger partial charge in [-0.25, -0.2) is 0 Å². The first-order valence-corrected chi connectivity index (χ1v) is 8.18. The molecule has 0 atom stereocenters. The highest BCUT2D eigenvalue weighted by Crippen LogP contribution is 2.26. The summed E-state index contributed by atoms with van der Waals surface area (Å²) in [5.41, 5.74) is 1.28. The summed E-state index contributed by atoms with van der Waals surface area (Å²) >= 11 is 6.25. The Morgan fingerprint density at radius 2 is 1.81 bits per heavy atom. The van der Waals surface area contributed by atoms with E-state index in [1.54, 1.807) is 4.68 Å². The third-order valence-corrected chi connectivity index (χ3v) is 5.16. The maximum atomic E-state index is 12.8. The molecule has 0 bridgehead atoms. The number of nitrogens with zero attached hydrogens (tertiary/aromatic N) is 3. The van der Waals surface area contributed by atoms with E-state index in [1.165, 1.54) is 25.7 Å². The molecule has 1 aliphatic rings. The Hall–Kier alpha value is -0.870. The standard InChI is InChI=1S/C16H26ClN3O/c1-12-13(15(17)19(4)18-12)11-14(21)16(2,3)20-9-7-5-6-8-10-20/h5-11H2,1-4H3. The quantitative estimate of drug-likeness (QED) is 0.857. The van der Waals surface area contributed by atoms with Crippen LogP contribution in [0.5, 0.6) is 0 Å². The molecule has 1 fully saturated rings. The van der Waals surface area contributed by atoms with E-state index in [4.69, 9.17) is 11.6 Å². The summed E-state index contributed by atoms with van der Waals surface area (Å²) < 4.78 is 1.64. The molecule has 21 heavy (non-hydrogen) atoms. The lowest BCUT2D eigenvalue weighted by Crippen LogP contribution is -2.51. The first kappa shape index (κ1) is 16.5. The zero-order valence-electron chi connectivity index (χ0n) is 13.6. The molecule has 2 rings (SSSR count). The topological polar surface area (TPSA) is 38.1 Å². The second-order valence-electron chi connectivity index (χ2n) is 6.54. The van der Waals surface area contributed by atoms with Crippen LogP contribution >= 0.6 is 11.6 Å². The largest absolute Gasteiger partial charge is 0.297 e. The van der Waals surface area contributed by atoms with E-state index in [-0.39, 0.29) is 5.78 Å². The zero-order valence-corrected chi connectivity index (χ0v) is 14.3. The molecule has 1 saturated heterocycles. The molecular formula is C16H26ClN3O. The van der Waals surface area contributed by atoms with Crippen molar-refractivity contribution in [2.24, 2.45) is 7.05 Å². The van der Waals surface area contributed by atoms with Gasteiger partial charge in [-0.3, -0.25) is 14.4 Å². The van der Waals surface area contributed by atoms with Crippen LogP contribution in [0.3, 0.4) is 0 Å². The van der Waals surface area contributed by atoms with Crippen molar-refractivity contribution in [3.63, 3.8) is 0 Å². The molecule has 5 heteroatoms. The molecule has 0 aromatic carbocycles. The third kappa shape index (κ3) is 3.49. The molecule has 1 aromatic rings. The van der Waals surface area contributed by atoms with E-state index in [1.807, 2.05) is 27.8 Å². The van der Waals surface area contributed by atoms with Gasteiger partial charge in [0.15, 0.2) is 5.78 Å². The Balaban J connectivity index is 2.14. The van der Waals surface area contributed by atoms with E-state index in [0.29, 0.717) is 11.6 Å². The van der Waals surface area contributed by atoms with Gasteiger partial charge >= 0.3 is 0 Å².